The van der Waals surface area contributed by atoms with Crippen molar-refractivity contribution in [2.45, 2.75) is 62.8 Å². The Hall–Kier alpha value is -0.240. The van der Waals surface area contributed by atoms with E-state index in [0.29, 0.717) is 15.5 Å². The second-order valence-corrected chi connectivity index (χ2v) is 7.78. The molecule has 1 aromatic carbocycles. The summed E-state index contributed by atoms with van der Waals surface area (Å²) in [6.45, 7) is 1.16. The van der Waals surface area contributed by atoms with Gasteiger partial charge in [0.05, 0.1) is 10.0 Å². The minimum Gasteiger partial charge on any atom is -0.303 e. The average molecular weight is 326 g/mol. The lowest BCUT2D eigenvalue weighted by atomic mass is 9.64. The van der Waals surface area contributed by atoms with Crippen LogP contribution in [-0.4, -0.2) is 24.5 Å². The number of rotatable bonds is 4. The summed E-state index contributed by atoms with van der Waals surface area (Å²) in [5.74, 6) is 0. The van der Waals surface area contributed by atoms with Gasteiger partial charge in [-0.1, -0.05) is 55.0 Å². The third-order valence-electron chi connectivity index (χ3n) is 5.59. The van der Waals surface area contributed by atoms with Crippen LogP contribution in [0.25, 0.3) is 0 Å². The van der Waals surface area contributed by atoms with Crippen LogP contribution in [0.3, 0.4) is 0 Å². The van der Waals surface area contributed by atoms with Crippen molar-refractivity contribution >= 4 is 23.2 Å². The summed E-state index contributed by atoms with van der Waals surface area (Å²) < 4.78 is 0. The third kappa shape index (κ3) is 3.25. The van der Waals surface area contributed by atoms with Gasteiger partial charge in [-0.25, -0.2) is 0 Å². The summed E-state index contributed by atoms with van der Waals surface area (Å²) in [4.78, 5) is 2.61. The Morgan fingerprint density at radius 2 is 1.76 bits per heavy atom. The lowest BCUT2D eigenvalue weighted by Crippen LogP contribution is -2.48. The van der Waals surface area contributed by atoms with E-state index in [0.717, 1.165) is 12.6 Å². The molecule has 2 fully saturated rings. The van der Waals surface area contributed by atoms with E-state index in [4.69, 9.17) is 23.2 Å². The fourth-order valence-electron chi connectivity index (χ4n) is 4.10. The van der Waals surface area contributed by atoms with E-state index in [1.807, 2.05) is 6.07 Å². The van der Waals surface area contributed by atoms with Crippen LogP contribution in [0, 0.1) is 0 Å². The molecular weight excluding hydrogens is 301 g/mol. The smallest absolute Gasteiger partial charge is 0.0595 e. The van der Waals surface area contributed by atoms with E-state index in [1.165, 1.54) is 56.9 Å². The standard InChI is InChI=1S/C18H25Cl2N/c1-21(15-6-3-2-4-7-15)13-18(10-5-11-18)14-8-9-16(19)17(20)12-14/h8-9,12,15H,2-7,10-11,13H2,1H3. The Morgan fingerprint density at radius 1 is 1.05 bits per heavy atom. The molecule has 0 atom stereocenters. The molecule has 1 nitrogen and oxygen atoms in total. The van der Waals surface area contributed by atoms with E-state index in [2.05, 4.69) is 24.1 Å². The third-order valence-corrected chi connectivity index (χ3v) is 6.33. The van der Waals surface area contributed by atoms with Crippen molar-refractivity contribution in [1.82, 2.24) is 4.90 Å². The molecule has 2 saturated carbocycles. The molecule has 116 valence electrons. The molecule has 0 unspecified atom stereocenters. The van der Waals surface area contributed by atoms with Gasteiger partial charge in [-0.2, -0.15) is 0 Å². The molecule has 21 heavy (non-hydrogen) atoms. The normalized spacial score (nSPS) is 22.3. The summed E-state index contributed by atoms with van der Waals surface area (Å²) >= 11 is 12.3. The van der Waals surface area contributed by atoms with Gasteiger partial charge >= 0.3 is 0 Å². The highest BCUT2D eigenvalue weighted by Gasteiger charge is 2.40. The average Bonchev–Trinajstić information content (AvgIpc) is 2.46. The number of benzene rings is 1. The minimum atomic E-state index is 0.306. The van der Waals surface area contributed by atoms with Crippen LogP contribution in [0.4, 0.5) is 0 Å². The first-order valence-corrected chi connectivity index (χ1v) is 9.02. The van der Waals surface area contributed by atoms with Gasteiger partial charge < -0.3 is 4.90 Å². The molecule has 0 radical (unpaired) electrons. The van der Waals surface area contributed by atoms with Gasteiger partial charge in [0, 0.05) is 18.0 Å². The van der Waals surface area contributed by atoms with Gasteiger partial charge in [-0.05, 0) is 50.4 Å². The minimum absolute atomic E-state index is 0.306. The van der Waals surface area contributed by atoms with Crippen LogP contribution in [0.5, 0.6) is 0 Å². The molecule has 0 heterocycles. The molecule has 2 aliphatic carbocycles. The second kappa shape index (κ2) is 6.48. The van der Waals surface area contributed by atoms with Crippen molar-refractivity contribution in [2.75, 3.05) is 13.6 Å². The zero-order valence-electron chi connectivity index (χ0n) is 12.9. The summed E-state index contributed by atoms with van der Waals surface area (Å²) in [5.41, 5.74) is 1.69. The SMILES string of the molecule is CN(CC1(c2ccc(Cl)c(Cl)c2)CCC1)C1CCCCC1. The molecule has 0 aromatic heterocycles. The molecular formula is C18H25Cl2N. The van der Waals surface area contributed by atoms with Gasteiger partial charge in [0.25, 0.3) is 0 Å². The Morgan fingerprint density at radius 3 is 2.33 bits per heavy atom. The van der Waals surface area contributed by atoms with Crippen molar-refractivity contribution in [3.63, 3.8) is 0 Å². The monoisotopic (exact) mass is 325 g/mol. The van der Waals surface area contributed by atoms with Crippen molar-refractivity contribution in [3.05, 3.63) is 33.8 Å². The van der Waals surface area contributed by atoms with Gasteiger partial charge in [-0.3, -0.25) is 0 Å². The van der Waals surface area contributed by atoms with Crippen LogP contribution < -0.4 is 0 Å². The summed E-state index contributed by atoms with van der Waals surface area (Å²) in [7, 11) is 2.31. The Bertz CT molecular complexity index is 490. The first-order chi connectivity index (χ1) is 10.1. The van der Waals surface area contributed by atoms with Gasteiger partial charge in [0.2, 0.25) is 0 Å². The summed E-state index contributed by atoms with van der Waals surface area (Å²) in [6, 6.07) is 7.01. The summed E-state index contributed by atoms with van der Waals surface area (Å²) in [6.07, 6.45) is 10.8. The quantitative estimate of drug-likeness (QED) is 0.688. The Kier molecular flexibility index (Phi) is 4.83. The fraction of sp³-hybridized carbons (Fsp3) is 0.667. The van der Waals surface area contributed by atoms with Gasteiger partial charge in [0.15, 0.2) is 0 Å². The number of halogens is 2. The highest BCUT2D eigenvalue weighted by atomic mass is 35.5. The van der Waals surface area contributed by atoms with E-state index in [9.17, 15) is 0 Å². The van der Waals surface area contributed by atoms with Crippen LogP contribution in [0.15, 0.2) is 18.2 Å². The van der Waals surface area contributed by atoms with E-state index >= 15 is 0 Å². The predicted molar refractivity (Wildman–Crippen MR) is 91.5 cm³/mol. The number of hydrogen-bond acceptors (Lipinski definition) is 1. The maximum atomic E-state index is 6.24. The fourth-order valence-corrected chi connectivity index (χ4v) is 4.39. The largest absolute Gasteiger partial charge is 0.303 e. The van der Waals surface area contributed by atoms with Crippen molar-refractivity contribution in [2.24, 2.45) is 0 Å². The van der Waals surface area contributed by atoms with Crippen LogP contribution in [0.2, 0.25) is 10.0 Å². The summed E-state index contributed by atoms with van der Waals surface area (Å²) in [5, 5.41) is 1.36. The van der Waals surface area contributed by atoms with Crippen LogP contribution >= 0.6 is 23.2 Å². The number of likely N-dealkylation sites (N-methyl/N-ethyl adjacent to an activating group) is 1. The molecule has 2 aliphatic rings. The van der Waals surface area contributed by atoms with Crippen molar-refractivity contribution < 1.29 is 0 Å². The van der Waals surface area contributed by atoms with E-state index in [1.54, 1.807) is 0 Å². The Balaban J connectivity index is 1.75. The molecule has 3 heteroatoms. The van der Waals surface area contributed by atoms with Crippen LogP contribution in [0.1, 0.15) is 56.9 Å². The highest BCUT2D eigenvalue weighted by molar-refractivity contribution is 6.42. The van der Waals surface area contributed by atoms with E-state index < -0.39 is 0 Å². The zero-order valence-corrected chi connectivity index (χ0v) is 14.4. The first kappa shape index (κ1) is 15.6. The predicted octanol–water partition coefficient (Wildman–Crippen LogP) is 5.68. The van der Waals surface area contributed by atoms with Crippen LogP contribution in [-0.2, 0) is 5.41 Å². The molecule has 0 aliphatic heterocycles. The lowest BCUT2D eigenvalue weighted by molar-refractivity contribution is 0.108. The molecule has 1 aromatic rings. The number of nitrogens with zero attached hydrogens (tertiary/aromatic N) is 1. The zero-order chi connectivity index (χ0) is 14.9. The lowest BCUT2D eigenvalue weighted by Gasteiger charge is -2.47. The first-order valence-electron chi connectivity index (χ1n) is 8.26. The maximum absolute atomic E-state index is 6.24. The topological polar surface area (TPSA) is 3.24 Å². The Labute approximate surface area is 138 Å². The molecule has 0 bridgehead atoms. The molecule has 0 amide bonds. The molecule has 0 spiro atoms. The van der Waals surface area contributed by atoms with Gasteiger partial charge in [-0.15, -0.1) is 0 Å². The molecule has 3 rings (SSSR count). The second-order valence-electron chi connectivity index (χ2n) is 6.97. The molecule has 0 saturated heterocycles. The number of hydrogen-bond donors (Lipinski definition) is 0. The van der Waals surface area contributed by atoms with Crippen molar-refractivity contribution in [1.29, 1.82) is 0 Å². The van der Waals surface area contributed by atoms with E-state index in [-0.39, 0.29) is 0 Å². The maximum Gasteiger partial charge on any atom is 0.0595 e. The van der Waals surface area contributed by atoms with Crippen molar-refractivity contribution in [3.8, 4) is 0 Å². The van der Waals surface area contributed by atoms with Gasteiger partial charge in [0.1, 0.15) is 0 Å². The molecule has 0 N–H and O–H groups in total. The highest BCUT2D eigenvalue weighted by Crippen LogP contribution is 2.46.